The van der Waals surface area contributed by atoms with Crippen molar-refractivity contribution in [3.05, 3.63) is 60.7 Å². The van der Waals surface area contributed by atoms with E-state index in [2.05, 4.69) is 10.0 Å². The van der Waals surface area contributed by atoms with Crippen molar-refractivity contribution in [2.24, 2.45) is 0 Å². The van der Waals surface area contributed by atoms with Gasteiger partial charge in [0.1, 0.15) is 0 Å². The molecule has 1 amide bonds. The van der Waals surface area contributed by atoms with E-state index in [0.29, 0.717) is 13.1 Å². The number of rotatable bonds is 9. The SMILES string of the molecule is CN(CCNC(=O)CCNS(=O)(=O)c1ccccc1)c1ccccc1. The van der Waals surface area contributed by atoms with Crippen LogP contribution in [0.25, 0.3) is 0 Å². The summed E-state index contributed by atoms with van der Waals surface area (Å²) in [6.07, 6.45) is 0.0983. The number of para-hydroxylation sites is 1. The summed E-state index contributed by atoms with van der Waals surface area (Å²) >= 11 is 0. The summed E-state index contributed by atoms with van der Waals surface area (Å²) in [5.41, 5.74) is 1.08. The summed E-state index contributed by atoms with van der Waals surface area (Å²) in [7, 11) is -1.61. The van der Waals surface area contributed by atoms with Gasteiger partial charge in [-0.2, -0.15) is 0 Å². The molecule has 7 heteroatoms. The molecule has 0 bridgehead atoms. The first kappa shape index (κ1) is 19.0. The third-order valence-corrected chi connectivity index (χ3v) is 5.14. The minimum atomic E-state index is -3.56. The van der Waals surface area contributed by atoms with Gasteiger partial charge in [-0.05, 0) is 24.3 Å². The van der Waals surface area contributed by atoms with Crippen LogP contribution in [-0.4, -0.2) is 41.0 Å². The number of amides is 1. The Morgan fingerprint density at radius 2 is 1.56 bits per heavy atom. The van der Waals surface area contributed by atoms with Crippen LogP contribution in [0, 0.1) is 0 Å². The number of nitrogens with zero attached hydrogens (tertiary/aromatic N) is 1. The number of benzene rings is 2. The summed E-state index contributed by atoms with van der Waals surface area (Å²) < 4.78 is 26.5. The Morgan fingerprint density at radius 1 is 0.960 bits per heavy atom. The number of anilines is 1. The molecule has 0 aromatic heterocycles. The van der Waals surface area contributed by atoms with Gasteiger partial charge in [0.15, 0.2) is 0 Å². The normalized spacial score (nSPS) is 11.1. The number of likely N-dealkylation sites (N-methyl/N-ethyl adjacent to an activating group) is 1. The number of nitrogens with one attached hydrogen (secondary N) is 2. The molecule has 0 saturated carbocycles. The van der Waals surface area contributed by atoms with E-state index in [-0.39, 0.29) is 23.8 Å². The zero-order valence-corrected chi connectivity index (χ0v) is 15.0. The van der Waals surface area contributed by atoms with Crippen LogP contribution >= 0.6 is 0 Å². The minimum Gasteiger partial charge on any atom is -0.373 e. The first-order valence-corrected chi connectivity index (χ1v) is 9.55. The van der Waals surface area contributed by atoms with Crippen LogP contribution in [0.4, 0.5) is 5.69 Å². The zero-order valence-electron chi connectivity index (χ0n) is 14.2. The molecule has 0 saturated heterocycles. The summed E-state index contributed by atoms with van der Waals surface area (Å²) in [6.45, 7) is 1.23. The van der Waals surface area contributed by atoms with Crippen molar-refractivity contribution in [3.8, 4) is 0 Å². The zero-order chi connectivity index (χ0) is 18.1. The van der Waals surface area contributed by atoms with Crippen molar-refractivity contribution in [2.75, 3.05) is 31.6 Å². The van der Waals surface area contributed by atoms with Gasteiger partial charge in [0, 0.05) is 38.8 Å². The maximum absolute atomic E-state index is 12.0. The Hall–Kier alpha value is -2.38. The van der Waals surface area contributed by atoms with E-state index in [9.17, 15) is 13.2 Å². The Labute approximate surface area is 148 Å². The Kier molecular flexibility index (Phi) is 6.97. The first-order chi connectivity index (χ1) is 12.0. The third-order valence-electron chi connectivity index (χ3n) is 3.66. The highest BCUT2D eigenvalue weighted by Crippen LogP contribution is 2.09. The van der Waals surface area contributed by atoms with Crippen molar-refractivity contribution in [2.45, 2.75) is 11.3 Å². The summed E-state index contributed by atoms with van der Waals surface area (Å²) in [4.78, 5) is 14.1. The van der Waals surface area contributed by atoms with Crippen LogP contribution in [0.3, 0.4) is 0 Å². The van der Waals surface area contributed by atoms with Crippen LogP contribution < -0.4 is 14.9 Å². The molecule has 0 aliphatic heterocycles. The molecule has 0 radical (unpaired) electrons. The molecule has 0 fully saturated rings. The average molecular weight is 361 g/mol. The molecule has 0 aliphatic carbocycles. The number of hydrogen-bond acceptors (Lipinski definition) is 4. The van der Waals surface area contributed by atoms with Crippen molar-refractivity contribution in [1.82, 2.24) is 10.0 Å². The number of sulfonamides is 1. The minimum absolute atomic E-state index is 0.0670. The predicted molar refractivity (Wildman–Crippen MR) is 99.0 cm³/mol. The van der Waals surface area contributed by atoms with E-state index >= 15 is 0 Å². The van der Waals surface area contributed by atoms with Crippen molar-refractivity contribution in [3.63, 3.8) is 0 Å². The van der Waals surface area contributed by atoms with Gasteiger partial charge in [-0.25, -0.2) is 13.1 Å². The molecule has 0 spiro atoms. The lowest BCUT2D eigenvalue weighted by molar-refractivity contribution is -0.120. The van der Waals surface area contributed by atoms with Gasteiger partial charge >= 0.3 is 0 Å². The quantitative estimate of drug-likeness (QED) is 0.711. The highest BCUT2D eigenvalue weighted by atomic mass is 32.2. The predicted octanol–water partition coefficient (Wildman–Crippen LogP) is 1.61. The maximum Gasteiger partial charge on any atom is 0.240 e. The second kappa shape index (κ2) is 9.19. The number of hydrogen-bond donors (Lipinski definition) is 2. The van der Waals surface area contributed by atoms with E-state index in [1.807, 2.05) is 42.3 Å². The van der Waals surface area contributed by atoms with Gasteiger partial charge in [-0.3, -0.25) is 4.79 Å². The summed E-state index contributed by atoms with van der Waals surface area (Å²) in [6, 6.07) is 18.0. The second-order valence-corrected chi connectivity index (χ2v) is 7.33. The Balaban J connectivity index is 1.67. The summed E-state index contributed by atoms with van der Waals surface area (Å²) in [5.74, 6) is -0.183. The van der Waals surface area contributed by atoms with E-state index < -0.39 is 10.0 Å². The molecule has 0 atom stereocenters. The molecular weight excluding hydrogens is 338 g/mol. The highest BCUT2D eigenvalue weighted by Gasteiger charge is 2.13. The van der Waals surface area contributed by atoms with E-state index in [1.165, 1.54) is 12.1 Å². The summed E-state index contributed by atoms with van der Waals surface area (Å²) in [5, 5.41) is 2.79. The third kappa shape index (κ3) is 6.21. The molecule has 2 aromatic rings. The maximum atomic E-state index is 12.0. The molecular formula is C18H23N3O3S. The number of carbonyl (C=O) groups is 1. The van der Waals surface area contributed by atoms with E-state index in [1.54, 1.807) is 18.2 Å². The van der Waals surface area contributed by atoms with Crippen molar-refractivity contribution < 1.29 is 13.2 Å². The lowest BCUT2D eigenvalue weighted by Gasteiger charge is -2.19. The second-order valence-electron chi connectivity index (χ2n) is 5.57. The van der Waals surface area contributed by atoms with Gasteiger partial charge in [0.25, 0.3) is 0 Å². The molecule has 6 nitrogen and oxygen atoms in total. The number of carbonyl (C=O) groups excluding carboxylic acids is 1. The van der Waals surface area contributed by atoms with Crippen molar-refractivity contribution in [1.29, 1.82) is 0 Å². The molecule has 2 aromatic carbocycles. The molecule has 134 valence electrons. The molecule has 2 N–H and O–H groups in total. The van der Waals surface area contributed by atoms with Crippen LogP contribution in [0.5, 0.6) is 0 Å². The topological polar surface area (TPSA) is 78.5 Å². The molecule has 0 unspecified atom stereocenters. The average Bonchev–Trinajstić information content (AvgIpc) is 2.63. The molecule has 0 aliphatic rings. The van der Waals surface area contributed by atoms with E-state index in [0.717, 1.165) is 5.69 Å². The van der Waals surface area contributed by atoms with Crippen LogP contribution in [-0.2, 0) is 14.8 Å². The molecule has 25 heavy (non-hydrogen) atoms. The molecule has 2 rings (SSSR count). The van der Waals surface area contributed by atoms with Gasteiger partial charge in [0.05, 0.1) is 4.90 Å². The Bertz CT molecular complexity index is 765. The van der Waals surface area contributed by atoms with Gasteiger partial charge < -0.3 is 10.2 Å². The Morgan fingerprint density at radius 3 is 2.20 bits per heavy atom. The smallest absolute Gasteiger partial charge is 0.240 e. The van der Waals surface area contributed by atoms with Gasteiger partial charge in [-0.1, -0.05) is 36.4 Å². The fourth-order valence-corrected chi connectivity index (χ4v) is 3.30. The van der Waals surface area contributed by atoms with Gasteiger partial charge in [-0.15, -0.1) is 0 Å². The van der Waals surface area contributed by atoms with Crippen LogP contribution in [0.1, 0.15) is 6.42 Å². The van der Waals surface area contributed by atoms with E-state index in [4.69, 9.17) is 0 Å². The monoisotopic (exact) mass is 361 g/mol. The first-order valence-electron chi connectivity index (χ1n) is 8.06. The van der Waals surface area contributed by atoms with Crippen LogP contribution in [0.2, 0.25) is 0 Å². The fourth-order valence-electron chi connectivity index (χ4n) is 2.24. The fraction of sp³-hybridized carbons (Fsp3) is 0.278. The lowest BCUT2D eigenvalue weighted by Crippen LogP contribution is -2.35. The van der Waals surface area contributed by atoms with Crippen molar-refractivity contribution >= 4 is 21.6 Å². The van der Waals surface area contributed by atoms with Crippen LogP contribution in [0.15, 0.2) is 65.6 Å². The largest absolute Gasteiger partial charge is 0.373 e. The van der Waals surface area contributed by atoms with Gasteiger partial charge in [0.2, 0.25) is 15.9 Å². The standard InChI is InChI=1S/C18H23N3O3S/c1-21(16-8-4-2-5-9-16)15-14-19-18(22)12-13-20-25(23,24)17-10-6-3-7-11-17/h2-11,20H,12-15H2,1H3,(H,19,22). The molecule has 0 heterocycles. The lowest BCUT2D eigenvalue weighted by atomic mass is 10.3. The highest BCUT2D eigenvalue weighted by molar-refractivity contribution is 7.89.